The molecule has 0 aliphatic carbocycles. The van der Waals surface area contributed by atoms with Gasteiger partial charge in [-0.25, -0.2) is 0 Å². The van der Waals surface area contributed by atoms with Gasteiger partial charge in [0.15, 0.2) is 6.10 Å². The van der Waals surface area contributed by atoms with Gasteiger partial charge in [-0.15, -0.1) is 0 Å². The molecule has 0 saturated carbocycles. The molecule has 0 saturated heterocycles. The van der Waals surface area contributed by atoms with E-state index in [1.807, 2.05) is 38.1 Å². The number of rotatable bonds is 6. The Morgan fingerprint density at radius 3 is 2.42 bits per heavy atom. The zero-order valence-corrected chi connectivity index (χ0v) is 16.0. The normalized spacial score (nSPS) is 11.6. The van der Waals surface area contributed by atoms with Crippen molar-refractivity contribution in [2.45, 2.75) is 33.3 Å². The van der Waals surface area contributed by atoms with Crippen LogP contribution < -0.4 is 10.1 Å². The topological polar surface area (TPSA) is 64.6 Å². The monoisotopic (exact) mass is 375 g/mol. The average Bonchev–Trinajstić information content (AvgIpc) is 2.59. The summed E-state index contributed by atoms with van der Waals surface area (Å²) in [5, 5.41) is 3.25. The number of aryl methyl sites for hydroxylation is 2. The molecule has 26 heavy (non-hydrogen) atoms. The van der Waals surface area contributed by atoms with E-state index in [0.717, 1.165) is 16.7 Å². The van der Waals surface area contributed by atoms with E-state index in [0.29, 0.717) is 16.5 Å². The van der Waals surface area contributed by atoms with Crippen LogP contribution in [0.2, 0.25) is 5.02 Å². The summed E-state index contributed by atoms with van der Waals surface area (Å²) < 4.78 is 10.5. The number of ether oxygens (including phenoxy) is 2. The highest BCUT2D eigenvalue weighted by Gasteiger charge is 2.20. The number of hydrogen-bond donors (Lipinski definition) is 1. The number of hydrogen-bond acceptors (Lipinski definition) is 4. The largest absolute Gasteiger partial charge is 0.495 e. The third-order valence-corrected chi connectivity index (χ3v) is 4.29. The van der Waals surface area contributed by atoms with Gasteiger partial charge >= 0.3 is 5.97 Å². The summed E-state index contributed by atoms with van der Waals surface area (Å²) in [5.41, 5.74) is 3.22. The minimum absolute atomic E-state index is 0.112. The lowest BCUT2D eigenvalue weighted by Gasteiger charge is -2.16. The molecule has 0 bridgehead atoms. The van der Waals surface area contributed by atoms with Crippen LogP contribution in [0.5, 0.6) is 5.75 Å². The van der Waals surface area contributed by atoms with Crippen LogP contribution in [0.3, 0.4) is 0 Å². The van der Waals surface area contributed by atoms with Gasteiger partial charge in [-0.05, 0) is 38.0 Å². The van der Waals surface area contributed by atoms with Gasteiger partial charge in [0.05, 0.1) is 19.2 Å². The van der Waals surface area contributed by atoms with E-state index < -0.39 is 18.0 Å². The Morgan fingerprint density at radius 2 is 1.81 bits per heavy atom. The molecule has 5 nitrogen and oxygen atoms in total. The number of nitrogens with one attached hydrogen (secondary N) is 1. The number of amides is 1. The van der Waals surface area contributed by atoms with Crippen LogP contribution in [-0.2, 0) is 20.7 Å². The lowest BCUT2D eigenvalue weighted by Crippen LogP contribution is -2.30. The first-order valence-corrected chi connectivity index (χ1v) is 8.58. The summed E-state index contributed by atoms with van der Waals surface area (Å²) in [4.78, 5) is 24.4. The molecule has 0 aromatic heterocycles. The highest BCUT2D eigenvalue weighted by Crippen LogP contribution is 2.31. The molecule has 0 fully saturated rings. The molecule has 1 atom stereocenters. The number of carbonyl (C=O) groups is 2. The molecule has 2 rings (SSSR count). The predicted octanol–water partition coefficient (Wildman–Crippen LogP) is 4.08. The molecule has 0 spiro atoms. The number of carbonyl (C=O) groups excluding carboxylic acids is 2. The fourth-order valence-corrected chi connectivity index (χ4v) is 2.48. The quantitative estimate of drug-likeness (QED) is 0.773. The van der Waals surface area contributed by atoms with Crippen molar-refractivity contribution in [2.75, 3.05) is 12.4 Å². The Bertz CT molecular complexity index is 802. The Morgan fingerprint density at radius 1 is 1.15 bits per heavy atom. The summed E-state index contributed by atoms with van der Waals surface area (Å²) in [6.07, 6.45) is -0.824. The molecule has 0 radical (unpaired) electrons. The minimum Gasteiger partial charge on any atom is -0.495 e. The van der Waals surface area contributed by atoms with E-state index >= 15 is 0 Å². The van der Waals surface area contributed by atoms with Crippen molar-refractivity contribution in [3.8, 4) is 5.75 Å². The number of esters is 1. The molecule has 0 aliphatic heterocycles. The zero-order chi connectivity index (χ0) is 19.3. The van der Waals surface area contributed by atoms with Crippen LogP contribution >= 0.6 is 11.6 Å². The summed E-state index contributed by atoms with van der Waals surface area (Å²) in [6, 6.07) is 10.9. The number of benzene rings is 2. The van der Waals surface area contributed by atoms with Crippen molar-refractivity contribution in [1.82, 2.24) is 0 Å². The second-order valence-electron chi connectivity index (χ2n) is 6.09. The molecule has 1 N–H and O–H groups in total. The van der Waals surface area contributed by atoms with Crippen molar-refractivity contribution < 1.29 is 19.1 Å². The van der Waals surface area contributed by atoms with E-state index in [-0.39, 0.29) is 6.42 Å². The van der Waals surface area contributed by atoms with Crippen LogP contribution in [0.25, 0.3) is 0 Å². The van der Waals surface area contributed by atoms with E-state index in [4.69, 9.17) is 21.1 Å². The smallest absolute Gasteiger partial charge is 0.311 e. The number of halogens is 1. The lowest BCUT2D eigenvalue weighted by atomic mass is 10.1. The molecule has 1 unspecified atom stereocenters. The molecular formula is C20H22ClNO4. The Kier molecular flexibility index (Phi) is 6.64. The summed E-state index contributed by atoms with van der Waals surface area (Å²) in [6.45, 7) is 5.32. The minimum atomic E-state index is -0.936. The van der Waals surface area contributed by atoms with Crippen LogP contribution in [0.1, 0.15) is 23.6 Å². The highest BCUT2D eigenvalue weighted by atomic mass is 35.5. The maximum atomic E-state index is 12.3. The van der Waals surface area contributed by atoms with Crippen LogP contribution in [0.15, 0.2) is 36.4 Å². The third kappa shape index (κ3) is 5.23. The van der Waals surface area contributed by atoms with Crippen LogP contribution in [0.4, 0.5) is 5.69 Å². The fraction of sp³-hybridized carbons (Fsp3) is 0.300. The molecule has 1 amide bonds. The van der Waals surface area contributed by atoms with Crippen molar-refractivity contribution in [2.24, 2.45) is 0 Å². The van der Waals surface area contributed by atoms with E-state index in [2.05, 4.69) is 5.32 Å². The van der Waals surface area contributed by atoms with Gasteiger partial charge in [0.1, 0.15) is 5.75 Å². The maximum absolute atomic E-state index is 12.3. The van der Waals surface area contributed by atoms with Crippen LogP contribution in [-0.4, -0.2) is 25.1 Å². The summed E-state index contributed by atoms with van der Waals surface area (Å²) in [7, 11) is 1.49. The molecule has 6 heteroatoms. The van der Waals surface area contributed by atoms with Crippen molar-refractivity contribution in [3.63, 3.8) is 0 Å². The Balaban J connectivity index is 1.98. The first-order chi connectivity index (χ1) is 12.3. The van der Waals surface area contributed by atoms with E-state index in [9.17, 15) is 9.59 Å². The molecule has 138 valence electrons. The van der Waals surface area contributed by atoms with Gasteiger partial charge in [-0.3, -0.25) is 9.59 Å². The SMILES string of the molecule is COc1cc(Cl)c(C)cc1NC(=O)C(C)OC(=O)Cc1ccc(C)cc1. The first kappa shape index (κ1) is 19.8. The summed E-state index contributed by atoms with van der Waals surface area (Å²) >= 11 is 6.06. The highest BCUT2D eigenvalue weighted by molar-refractivity contribution is 6.31. The standard InChI is InChI=1S/C20H22ClNO4/c1-12-5-7-15(8-6-12)10-19(23)26-14(3)20(24)22-17-9-13(2)16(21)11-18(17)25-4/h5-9,11,14H,10H2,1-4H3,(H,22,24). The molecule has 2 aromatic carbocycles. The molecule has 0 heterocycles. The van der Waals surface area contributed by atoms with Gasteiger partial charge in [-0.1, -0.05) is 41.4 Å². The second-order valence-corrected chi connectivity index (χ2v) is 6.49. The number of methoxy groups -OCH3 is 1. The Hall–Kier alpha value is -2.53. The van der Waals surface area contributed by atoms with Gasteiger partial charge < -0.3 is 14.8 Å². The first-order valence-electron chi connectivity index (χ1n) is 8.20. The molecule has 2 aromatic rings. The fourth-order valence-electron chi connectivity index (χ4n) is 2.33. The van der Waals surface area contributed by atoms with E-state index in [1.165, 1.54) is 14.0 Å². The van der Waals surface area contributed by atoms with Crippen molar-refractivity contribution in [1.29, 1.82) is 0 Å². The lowest BCUT2D eigenvalue weighted by molar-refractivity contribution is -0.152. The van der Waals surface area contributed by atoms with Gasteiger partial charge in [0, 0.05) is 11.1 Å². The van der Waals surface area contributed by atoms with Gasteiger partial charge in [0.2, 0.25) is 0 Å². The Labute approximate surface area is 158 Å². The van der Waals surface area contributed by atoms with Crippen molar-refractivity contribution in [3.05, 3.63) is 58.1 Å². The zero-order valence-electron chi connectivity index (χ0n) is 15.3. The third-order valence-electron chi connectivity index (χ3n) is 3.89. The summed E-state index contributed by atoms with van der Waals surface area (Å²) in [5.74, 6) is -0.467. The molecule has 0 aliphatic rings. The maximum Gasteiger partial charge on any atom is 0.311 e. The van der Waals surface area contributed by atoms with Gasteiger partial charge in [0.25, 0.3) is 5.91 Å². The molecular weight excluding hydrogens is 354 g/mol. The van der Waals surface area contributed by atoms with E-state index in [1.54, 1.807) is 12.1 Å². The predicted molar refractivity (Wildman–Crippen MR) is 102 cm³/mol. The van der Waals surface area contributed by atoms with Crippen LogP contribution in [0, 0.1) is 13.8 Å². The average molecular weight is 376 g/mol. The van der Waals surface area contributed by atoms with Crippen molar-refractivity contribution >= 4 is 29.2 Å². The van der Waals surface area contributed by atoms with Gasteiger partial charge in [-0.2, -0.15) is 0 Å². The second kappa shape index (κ2) is 8.72. The number of anilines is 1.